The first kappa shape index (κ1) is 14.3. The summed E-state index contributed by atoms with van der Waals surface area (Å²) in [5.41, 5.74) is 0. The minimum absolute atomic E-state index is 0.155. The van der Waals surface area contributed by atoms with Crippen LogP contribution in [0.1, 0.15) is 33.6 Å². The maximum Gasteiger partial charge on any atom is 0.153 e. The van der Waals surface area contributed by atoms with E-state index in [4.69, 9.17) is 0 Å². The van der Waals surface area contributed by atoms with E-state index in [1.165, 1.54) is 12.8 Å². The Hall–Kier alpha value is -0.130. The number of rotatable bonds is 5. The molecule has 2 fully saturated rings. The first-order valence-corrected chi connectivity index (χ1v) is 8.91. The molecule has 3 atom stereocenters. The molecule has 0 spiro atoms. The van der Waals surface area contributed by atoms with Crippen molar-refractivity contribution >= 4 is 9.84 Å². The van der Waals surface area contributed by atoms with E-state index < -0.39 is 9.84 Å². The molecule has 2 aliphatic rings. The van der Waals surface area contributed by atoms with Crippen LogP contribution in [0, 0.1) is 5.92 Å². The zero-order valence-electron chi connectivity index (χ0n) is 11.7. The van der Waals surface area contributed by atoms with Gasteiger partial charge in [-0.05, 0) is 39.2 Å². The van der Waals surface area contributed by atoms with Gasteiger partial charge in [0, 0.05) is 24.7 Å². The Morgan fingerprint density at radius 1 is 1.33 bits per heavy atom. The fourth-order valence-electron chi connectivity index (χ4n) is 2.75. The molecule has 0 bridgehead atoms. The predicted molar refractivity (Wildman–Crippen MR) is 74.5 cm³/mol. The first-order valence-electron chi connectivity index (χ1n) is 7.08. The lowest BCUT2D eigenvalue weighted by Crippen LogP contribution is -2.53. The van der Waals surface area contributed by atoms with Crippen LogP contribution in [-0.4, -0.2) is 56.0 Å². The molecule has 1 aliphatic carbocycles. The summed E-state index contributed by atoms with van der Waals surface area (Å²) in [6.07, 6.45) is 2.64. The van der Waals surface area contributed by atoms with Crippen LogP contribution >= 0.6 is 0 Å². The maximum absolute atomic E-state index is 11.6. The largest absolute Gasteiger partial charge is 0.314 e. The summed E-state index contributed by atoms with van der Waals surface area (Å²) >= 11 is 0. The maximum atomic E-state index is 11.6. The lowest BCUT2D eigenvalue weighted by Gasteiger charge is -2.40. The van der Waals surface area contributed by atoms with Gasteiger partial charge in [0.25, 0.3) is 0 Å². The predicted octanol–water partition coefficient (Wildman–Crippen LogP) is 0.882. The quantitative estimate of drug-likeness (QED) is 0.808. The van der Waals surface area contributed by atoms with Gasteiger partial charge in [-0.1, -0.05) is 6.92 Å². The Bertz CT molecular complexity index is 378. The molecule has 18 heavy (non-hydrogen) atoms. The fourth-order valence-corrected chi connectivity index (χ4v) is 4.34. The van der Waals surface area contributed by atoms with Crippen molar-refractivity contribution in [1.29, 1.82) is 0 Å². The zero-order chi connectivity index (χ0) is 13.3. The lowest BCUT2D eigenvalue weighted by molar-refractivity contribution is 0.127. The van der Waals surface area contributed by atoms with Crippen LogP contribution in [-0.2, 0) is 9.84 Å². The summed E-state index contributed by atoms with van der Waals surface area (Å²) in [5, 5.41) is 3.56. The molecule has 2 rings (SSSR count). The third-order valence-corrected chi connectivity index (χ3v) is 6.17. The van der Waals surface area contributed by atoms with Gasteiger partial charge in [-0.15, -0.1) is 0 Å². The van der Waals surface area contributed by atoms with Crippen molar-refractivity contribution in [3.8, 4) is 0 Å². The van der Waals surface area contributed by atoms with Gasteiger partial charge < -0.3 is 5.32 Å². The Morgan fingerprint density at radius 3 is 2.56 bits per heavy atom. The minimum atomic E-state index is -2.80. The molecule has 0 aromatic heterocycles. The smallest absolute Gasteiger partial charge is 0.153 e. The molecule has 0 aromatic rings. The van der Waals surface area contributed by atoms with E-state index >= 15 is 0 Å². The molecule has 106 valence electrons. The van der Waals surface area contributed by atoms with Crippen LogP contribution < -0.4 is 5.32 Å². The van der Waals surface area contributed by atoms with Crippen LogP contribution in [0.2, 0.25) is 0 Å². The highest BCUT2D eigenvalue weighted by Crippen LogP contribution is 2.22. The third kappa shape index (κ3) is 3.68. The van der Waals surface area contributed by atoms with Crippen LogP contribution in [0.25, 0.3) is 0 Å². The van der Waals surface area contributed by atoms with Gasteiger partial charge >= 0.3 is 0 Å². The highest BCUT2D eigenvalue weighted by molar-refractivity contribution is 7.91. The van der Waals surface area contributed by atoms with E-state index in [-0.39, 0.29) is 6.04 Å². The summed E-state index contributed by atoms with van der Waals surface area (Å²) < 4.78 is 23.2. The van der Waals surface area contributed by atoms with Crippen LogP contribution in [0.15, 0.2) is 0 Å². The van der Waals surface area contributed by atoms with Crippen LogP contribution in [0.5, 0.6) is 0 Å². The van der Waals surface area contributed by atoms with Gasteiger partial charge in [-0.2, -0.15) is 0 Å². The summed E-state index contributed by atoms with van der Waals surface area (Å²) in [6.45, 7) is 8.26. The second kappa shape index (κ2) is 5.47. The summed E-state index contributed by atoms with van der Waals surface area (Å²) in [4.78, 5) is 2.36. The van der Waals surface area contributed by atoms with Gasteiger partial charge in [0.05, 0.1) is 11.5 Å². The van der Waals surface area contributed by atoms with Gasteiger partial charge in [-0.25, -0.2) is 8.42 Å². The van der Waals surface area contributed by atoms with E-state index in [1.54, 1.807) is 0 Å². The number of nitrogens with zero attached hydrogens (tertiary/aromatic N) is 1. The number of hydrogen-bond donors (Lipinski definition) is 1. The van der Waals surface area contributed by atoms with Crippen molar-refractivity contribution in [2.75, 3.05) is 24.6 Å². The van der Waals surface area contributed by atoms with Gasteiger partial charge in [-0.3, -0.25) is 4.90 Å². The molecular weight excluding hydrogens is 248 g/mol. The monoisotopic (exact) mass is 274 g/mol. The molecule has 1 heterocycles. The highest BCUT2D eigenvalue weighted by atomic mass is 32.2. The average Bonchev–Trinajstić information content (AvgIpc) is 3.07. The molecule has 0 amide bonds. The van der Waals surface area contributed by atoms with Gasteiger partial charge in [0.15, 0.2) is 9.84 Å². The first-order chi connectivity index (χ1) is 8.39. The van der Waals surface area contributed by atoms with E-state index in [2.05, 4.69) is 24.1 Å². The number of hydrogen-bond acceptors (Lipinski definition) is 4. The fraction of sp³-hybridized carbons (Fsp3) is 1.00. The Balaban J connectivity index is 1.85. The third-order valence-electron chi connectivity index (χ3n) is 4.37. The van der Waals surface area contributed by atoms with Crippen molar-refractivity contribution < 1.29 is 8.42 Å². The Morgan fingerprint density at radius 2 is 2.00 bits per heavy atom. The summed E-state index contributed by atoms with van der Waals surface area (Å²) in [6, 6.07) is 1.35. The normalized spacial score (nSPS) is 32.1. The van der Waals surface area contributed by atoms with Crippen LogP contribution in [0.4, 0.5) is 0 Å². The highest BCUT2D eigenvalue weighted by Gasteiger charge is 2.33. The SMILES string of the molecule is CC(CNC1CC1)C(C)N1CCS(=O)(=O)CC1C. The molecular formula is C13H26N2O2S. The van der Waals surface area contributed by atoms with Crippen molar-refractivity contribution in [1.82, 2.24) is 10.2 Å². The molecule has 1 aliphatic heterocycles. The second-order valence-corrected chi connectivity index (χ2v) is 8.33. The van der Waals surface area contributed by atoms with Gasteiger partial charge in [0.2, 0.25) is 0 Å². The van der Waals surface area contributed by atoms with Crippen molar-refractivity contribution in [2.24, 2.45) is 5.92 Å². The van der Waals surface area contributed by atoms with E-state index in [9.17, 15) is 8.42 Å². The topological polar surface area (TPSA) is 49.4 Å². The summed E-state index contributed by atoms with van der Waals surface area (Å²) in [5.74, 6) is 1.21. The average molecular weight is 274 g/mol. The Kier molecular flexibility index (Phi) is 4.34. The molecule has 5 heteroatoms. The molecule has 4 nitrogen and oxygen atoms in total. The minimum Gasteiger partial charge on any atom is -0.314 e. The van der Waals surface area contributed by atoms with Crippen molar-refractivity contribution in [3.05, 3.63) is 0 Å². The number of nitrogens with one attached hydrogen (secondary N) is 1. The van der Waals surface area contributed by atoms with Crippen molar-refractivity contribution in [2.45, 2.75) is 51.7 Å². The number of sulfone groups is 1. The molecule has 1 N–H and O–H groups in total. The van der Waals surface area contributed by atoms with Crippen molar-refractivity contribution in [3.63, 3.8) is 0 Å². The molecule has 0 aromatic carbocycles. The van der Waals surface area contributed by atoms with E-state index in [0.717, 1.165) is 12.6 Å². The molecule has 3 unspecified atom stereocenters. The Labute approximate surface area is 111 Å². The summed E-state index contributed by atoms with van der Waals surface area (Å²) in [7, 11) is -2.80. The lowest BCUT2D eigenvalue weighted by atomic mass is 10.0. The molecule has 1 saturated carbocycles. The molecule has 1 saturated heterocycles. The van der Waals surface area contributed by atoms with E-state index in [1.807, 2.05) is 6.92 Å². The van der Waals surface area contributed by atoms with Crippen LogP contribution in [0.3, 0.4) is 0 Å². The molecule has 0 radical (unpaired) electrons. The zero-order valence-corrected chi connectivity index (χ0v) is 12.5. The van der Waals surface area contributed by atoms with Gasteiger partial charge in [0.1, 0.15) is 0 Å². The standard InChI is InChI=1S/C13H26N2O2S/c1-10(8-14-13-4-5-13)12(3)15-6-7-18(16,17)9-11(15)2/h10-14H,4-9H2,1-3H3. The second-order valence-electron chi connectivity index (χ2n) is 6.10. The van der Waals surface area contributed by atoms with E-state index in [0.29, 0.717) is 30.0 Å².